The number of hydrogen-bond acceptors (Lipinski definition) is 4. The summed E-state index contributed by atoms with van der Waals surface area (Å²) in [6.07, 6.45) is 4.00. The van der Waals surface area contributed by atoms with Crippen molar-refractivity contribution in [2.75, 3.05) is 13.6 Å². The van der Waals surface area contributed by atoms with Crippen molar-refractivity contribution in [3.05, 3.63) is 16.6 Å². The highest BCUT2D eigenvalue weighted by atomic mass is 32.1. The van der Waals surface area contributed by atoms with Gasteiger partial charge in [0.1, 0.15) is 4.88 Å². The van der Waals surface area contributed by atoms with Crippen molar-refractivity contribution in [1.82, 2.24) is 14.8 Å². The lowest BCUT2D eigenvalue weighted by Crippen LogP contribution is -2.42. The van der Waals surface area contributed by atoms with Gasteiger partial charge in [-0.05, 0) is 12.8 Å². The molecule has 0 saturated carbocycles. The number of likely N-dealkylation sites (tertiary alicyclic amines) is 1. The molecule has 0 aromatic carbocycles. The van der Waals surface area contributed by atoms with Crippen molar-refractivity contribution < 1.29 is 9.59 Å². The first-order valence-electron chi connectivity index (χ1n) is 6.12. The minimum atomic E-state index is 0.0353. The van der Waals surface area contributed by atoms with Crippen LogP contribution in [0.1, 0.15) is 28.9 Å². The summed E-state index contributed by atoms with van der Waals surface area (Å²) in [5.41, 5.74) is 1.67. The van der Waals surface area contributed by atoms with E-state index >= 15 is 0 Å². The minimum Gasteiger partial charge on any atom is -0.344 e. The summed E-state index contributed by atoms with van der Waals surface area (Å²) in [7, 11) is 1.82. The van der Waals surface area contributed by atoms with Crippen LogP contribution in [0.15, 0.2) is 11.7 Å². The second-order valence-corrected chi connectivity index (χ2v) is 5.83. The van der Waals surface area contributed by atoms with Gasteiger partial charge in [0.25, 0.3) is 5.91 Å². The van der Waals surface area contributed by atoms with E-state index in [1.54, 1.807) is 16.6 Å². The van der Waals surface area contributed by atoms with Gasteiger partial charge in [-0.2, -0.15) is 0 Å². The molecule has 2 saturated heterocycles. The van der Waals surface area contributed by atoms with E-state index in [0.717, 1.165) is 12.8 Å². The number of nitrogens with zero attached hydrogens (tertiary/aromatic N) is 3. The Morgan fingerprint density at radius 1 is 1.44 bits per heavy atom. The SMILES string of the molecule is CN1C[C@@H]2CC[C@H](CC1=O)N2C(=O)c1cncs1. The molecule has 2 aliphatic rings. The van der Waals surface area contributed by atoms with Crippen molar-refractivity contribution in [2.45, 2.75) is 31.3 Å². The van der Waals surface area contributed by atoms with Crippen molar-refractivity contribution in [3.8, 4) is 0 Å². The predicted octanol–water partition coefficient (Wildman–Crippen LogP) is 0.978. The highest BCUT2D eigenvalue weighted by Gasteiger charge is 2.42. The molecule has 2 atom stereocenters. The monoisotopic (exact) mass is 265 g/mol. The Morgan fingerprint density at radius 2 is 2.22 bits per heavy atom. The van der Waals surface area contributed by atoms with Gasteiger partial charge in [0, 0.05) is 26.1 Å². The largest absolute Gasteiger partial charge is 0.344 e. The third kappa shape index (κ3) is 1.80. The molecule has 2 aliphatic heterocycles. The van der Waals surface area contributed by atoms with Crippen LogP contribution >= 0.6 is 11.3 Å². The fourth-order valence-electron chi connectivity index (χ4n) is 2.90. The third-order valence-corrected chi connectivity index (χ3v) is 4.58. The maximum Gasteiger partial charge on any atom is 0.266 e. The molecule has 3 rings (SSSR count). The van der Waals surface area contributed by atoms with E-state index in [9.17, 15) is 9.59 Å². The van der Waals surface area contributed by atoms with E-state index in [1.807, 2.05) is 11.9 Å². The normalized spacial score (nSPS) is 27.5. The quantitative estimate of drug-likeness (QED) is 0.760. The molecule has 0 aliphatic carbocycles. The van der Waals surface area contributed by atoms with Crippen LogP contribution in [0.2, 0.25) is 0 Å². The molecule has 3 heterocycles. The molecule has 0 radical (unpaired) electrons. The molecule has 6 heteroatoms. The Balaban J connectivity index is 1.88. The van der Waals surface area contributed by atoms with Crippen LogP contribution in [0.4, 0.5) is 0 Å². The highest BCUT2D eigenvalue weighted by molar-refractivity contribution is 7.11. The van der Waals surface area contributed by atoms with Crippen LogP contribution in [0.25, 0.3) is 0 Å². The summed E-state index contributed by atoms with van der Waals surface area (Å²) in [5.74, 6) is 0.178. The fourth-order valence-corrected chi connectivity index (χ4v) is 3.46. The van der Waals surface area contributed by atoms with Gasteiger partial charge >= 0.3 is 0 Å². The van der Waals surface area contributed by atoms with Crippen LogP contribution in [0.5, 0.6) is 0 Å². The van der Waals surface area contributed by atoms with Gasteiger partial charge in [0.05, 0.1) is 17.7 Å². The first kappa shape index (κ1) is 11.6. The lowest BCUT2D eigenvalue weighted by atomic mass is 10.1. The van der Waals surface area contributed by atoms with Crippen molar-refractivity contribution in [3.63, 3.8) is 0 Å². The first-order chi connectivity index (χ1) is 8.66. The fraction of sp³-hybridized carbons (Fsp3) is 0.583. The maximum atomic E-state index is 12.5. The first-order valence-corrected chi connectivity index (χ1v) is 7.00. The highest BCUT2D eigenvalue weighted by Crippen LogP contribution is 2.32. The number of rotatable bonds is 1. The topological polar surface area (TPSA) is 53.5 Å². The van der Waals surface area contributed by atoms with Gasteiger partial charge in [-0.1, -0.05) is 0 Å². The Bertz CT molecular complexity index is 474. The number of hydrogen-bond donors (Lipinski definition) is 0. The van der Waals surface area contributed by atoms with Gasteiger partial charge in [-0.25, -0.2) is 0 Å². The molecule has 96 valence electrons. The van der Waals surface area contributed by atoms with E-state index in [4.69, 9.17) is 0 Å². The molecule has 2 amide bonds. The number of thiazole rings is 1. The lowest BCUT2D eigenvalue weighted by Gasteiger charge is -2.27. The van der Waals surface area contributed by atoms with Crippen LogP contribution in [0.3, 0.4) is 0 Å². The van der Waals surface area contributed by atoms with E-state index in [0.29, 0.717) is 17.8 Å². The van der Waals surface area contributed by atoms with E-state index < -0.39 is 0 Å². The molecule has 1 aromatic heterocycles. The Kier molecular flexibility index (Phi) is 2.81. The van der Waals surface area contributed by atoms with Gasteiger partial charge in [0.2, 0.25) is 5.91 Å². The summed E-state index contributed by atoms with van der Waals surface area (Å²) < 4.78 is 0. The standard InChI is InChI=1S/C12H15N3O2S/c1-14-6-9-3-2-8(4-11(14)16)15(9)12(17)10-5-13-7-18-10/h5,7-9H,2-4,6H2,1H3/t8-,9+/m1/s1. The summed E-state index contributed by atoms with van der Waals surface area (Å²) in [6.45, 7) is 0.653. The van der Waals surface area contributed by atoms with Gasteiger partial charge in [-0.3, -0.25) is 14.6 Å². The van der Waals surface area contributed by atoms with Gasteiger partial charge < -0.3 is 9.80 Å². The molecule has 5 nitrogen and oxygen atoms in total. The number of amides is 2. The summed E-state index contributed by atoms with van der Waals surface area (Å²) in [5, 5.41) is 0. The molecular formula is C12H15N3O2S. The number of aromatic nitrogens is 1. The van der Waals surface area contributed by atoms with Gasteiger partial charge in [0.15, 0.2) is 0 Å². The van der Waals surface area contributed by atoms with Crippen LogP contribution in [0, 0.1) is 0 Å². The zero-order chi connectivity index (χ0) is 12.7. The molecule has 1 aromatic rings. The van der Waals surface area contributed by atoms with Crippen LogP contribution < -0.4 is 0 Å². The van der Waals surface area contributed by atoms with E-state index in [2.05, 4.69) is 4.98 Å². The van der Waals surface area contributed by atoms with E-state index in [-0.39, 0.29) is 23.9 Å². The molecule has 2 fully saturated rings. The second kappa shape index (κ2) is 4.35. The van der Waals surface area contributed by atoms with E-state index in [1.165, 1.54) is 11.3 Å². The molecular weight excluding hydrogens is 250 g/mol. The van der Waals surface area contributed by atoms with Gasteiger partial charge in [-0.15, -0.1) is 11.3 Å². The van der Waals surface area contributed by atoms with Crippen LogP contribution in [-0.2, 0) is 4.79 Å². The Hall–Kier alpha value is -1.43. The number of carbonyl (C=O) groups is 2. The number of fused-ring (bicyclic) bond motifs is 2. The van der Waals surface area contributed by atoms with Crippen molar-refractivity contribution in [2.24, 2.45) is 0 Å². The summed E-state index contributed by atoms with van der Waals surface area (Å²) in [6, 6.07) is 0.239. The molecule has 0 unspecified atom stereocenters. The van der Waals surface area contributed by atoms with Crippen LogP contribution in [-0.4, -0.2) is 52.3 Å². The average Bonchev–Trinajstić information content (AvgIpc) is 2.95. The average molecular weight is 265 g/mol. The second-order valence-electron chi connectivity index (χ2n) is 4.94. The Morgan fingerprint density at radius 3 is 2.94 bits per heavy atom. The Labute approximate surface area is 109 Å². The van der Waals surface area contributed by atoms with Crippen molar-refractivity contribution in [1.29, 1.82) is 0 Å². The summed E-state index contributed by atoms with van der Waals surface area (Å²) in [4.78, 5) is 32.6. The smallest absolute Gasteiger partial charge is 0.266 e. The molecule has 0 spiro atoms. The zero-order valence-corrected chi connectivity index (χ0v) is 11.0. The molecule has 2 bridgehead atoms. The molecule has 18 heavy (non-hydrogen) atoms. The number of likely N-dealkylation sites (N-methyl/N-ethyl adjacent to an activating group) is 1. The third-order valence-electron chi connectivity index (χ3n) is 3.82. The maximum absolute atomic E-state index is 12.5. The minimum absolute atomic E-state index is 0.0353. The zero-order valence-electron chi connectivity index (χ0n) is 10.2. The molecule has 0 N–H and O–H groups in total. The summed E-state index contributed by atoms with van der Waals surface area (Å²) >= 11 is 1.36. The van der Waals surface area contributed by atoms with Crippen molar-refractivity contribution >= 4 is 23.2 Å². The lowest BCUT2D eigenvalue weighted by molar-refractivity contribution is -0.130. The number of carbonyl (C=O) groups excluding carboxylic acids is 2. The predicted molar refractivity (Wildman–Crippen MR) is 67.3 cm³/mol.